The Bertz CT molecular complexity index is 1040. The standard InChI is InChI=1S/C24H25N3O3/c28-22(21-10-8-19(9-11-21)15-26-12-4-5-13-26)16-27-18-25-23(14-24(27)29)30-17-20-6-2-1-3-7-20/h1-3,6-11,14,18H,4-5,12-13,15-17H2. The van der Waals surface area contributed by atoms with Crippen molar-refractivity contribution in [2.45, 2.75) is 32.5 Å². The molecular weight excluding hydrogens is 378 g/mol. The lowest BCUT2D eigenvalue weighted by Crippen LogP contribution is -2.24. The van der Waals surface area contributed by atoms with Gasteiger partial charge in [-0.1, -0.05) is 54.6 Å². The van der Waals surface area contributed by atoms with Crippen molar-refractivity contribution in [3.05, 3.63) is 94.0 Å². The summed E-state index contributed by atoms with van der Waals surface area (Å²) in [6.45, 7) is 3.49. The average molecular weight is 403 g/mol. The maximum atomic E-state index is 12.6. The molecule has 154 valence electrons. The van der Waals surface area contributed by atoms with Crippen molar-refractivity contribution in [1.29, 1.82) is 0 Å². The molecule has 0 radical (unpaired) electrons. The van der Waals surface area contributed by atoms with Gasteiger partial charge in [-0.25, -0.2) is 4.98 Å². The number of carbonyl (C=O) groups excluding carboxylic acids is 1. The van der Waals surface area contributed by atoms with E-state index in [0.717, 1.165) is 25.2 Å². The number of likely N-dealkylation sites (tertiary alicyclic amines) is 1. The molecule has 0 bridgehead atoms. The Labute approximate surface area is 175 Å². The highest BCUT2D eigenvalue weighted by Crippen LogP contribution is 2.14. The van der Waals surface area contributed by atoms with Crippen LogP contribution in [0, 0.1) is 0 Å². The molecule has 1 aromatic heterocycles. The van der Waals surface area contributed by atoms with Crippen molar-refractivity contribution in [2.24, 2.45) is 0 Å². The molecule has 3 aromatic rings. The predicted molar refractivity (Wildman–Crippen MR) is 115 cm³/mol. The van der Waals surface area contributed by atoms with E-state index < -0.39 is 0 Å². The second kappa shape index (κ2) is 9.50. The molecular formula is C24H25N3O3. The monoisotopic (exact) mass is 403 g/mol. The highest BCUT2D eigenvalue weighted by atomic mass is 16.5. The van der Waals surface area contributed by atoms with E-state index in [0.29, 0.717) is 12.2 Å². The highest BCUT2D eigenvalue weighted by molar-refractivity contribution is 5.95. The van der Waals surface area contributed by atoms with Crippen LogP contribution >= 0.6 is 0 Å². The Hall–Kier alpha value is -3.25. The van der Waals surface area contributed by atoms with Crippen molar-refractivity contribution in [3.63, 3.8) is 0 Å². The molecule has 0 spiro atoms. The summed E-state index contributed by atoms with van der Waals surface area (Å²) in [4.78, 5) is 31.5. The molecule has 2 aromatic carbocycles. The molecule has 6 nitrogen and oxygen atoms in total. The first kappa shape index (κ1) is 20.0. The van der Waals surface area contributed by atoms with E-state index in [4.69, 9.17) is 4.74 Å². The number of benzene rings is 2. The summed E-state index contributed by atoms with van der Waals surface area (Å²) >= 11 is 0. The van der Waals surface area contributed by atoms with Crippen molar-refractivity contribution in [3.8, 4) is 5.88 Å². The van der Waals surface area contributed by atoms with Crippen LogP contribution in [0.5, 0.6) is 5.88 Å². The zero-order chi connectivity index (χ0) is 20.8. The Kier molecular flexibility index (Phi) is 6.35. The van der Waals surface area contributed by atoms with Gasteiger partial charge in [-0.2, -0.15) is 0 Å². The lowest BCUT2D eigenvalue weighted by Gasteiger charge is -2.14. The van der Waals surface area contributed by atoms with Gasteiger partial charge in [0, 0.05) is 12.1 Å². The fraction of sp³-hybridized carbons (Fsp3) is 0.292. The molecule has 30 heavy (non-hydrogen) atoms. The van der Waals surface area contributed by atoms with E-state index in [-0.39, 0.29) is 23.8 Å². The summed E-state index contributed by atoms with van der Waals surface area (Å²) < 4.78 is 6.87. The second-order valence-electron chi connectivity index (χ2n) is 7.57. The van der Waals surface area contributed by atoms with Gasteiger partial charge in [-0.05, 0) is 37.1 Å². The molecule has 6 heteroatoms. The highest BCUT2D eigenvalue weighted by Gasteiger charge is 2.13. The number of aromatic nitrogens is 2. The normalized spacial score (nSPS) is 14.0. The summed E-state index contributed by atoms with van der Waals surface area (Å²) in [5, 5.41) is 0. The molecule has 0 atom stereocenters. The Balaban J connectivity index is 1.35. The molecule has 0 N–H and O–H groups in total. The van der Waals surface area contributed by atoms with Crippen molar-refractivity contribution >= 4 is 5.78 Å². The van der Waals surface area contributed by atoms with E-state index in [1.54, 1.807) is 0 Å². The van der Waals surface area contributed by atoms with E-state index >= 15 is 0 Å². The van der Waals surface area contributed by atoms with E-state index in [9.17, 15) is 9.59 Å². The number of hydrogen-bond donors (Lipinski definition) is 0. The zero-order valence-corrected chi connectivity index (χ0v) is 16.9. The van der Waals surface area contributed by atoms with Crippen LogP contribution in [0.25, 0.3) is 0 Å². The van der Waals surface area contributed by atoms with E-state index in [1.165, 1.54) is 35.4 Å². The van der Waals surface area contributed by atoms with Crippen LogP contribution in [0.1, 0.15) is 34.3 Å². The van der Waals surface area contributed by atoms with Gasteiger partial charge in [-0.15, -0.1) is 0 Å². The molecule has 4 rings (SSSR count). The van der Waals surface area contributed by atoms with Crippen LogP contribution in [0.2, 0.25) is 0 Å². The number of nitrogens with zero attached hydrogens (tertiary/aromatic N) is 3. The topological polar surface area (TPSA) is 64.4 Å². The average Bonchev–Trinajstić information content (AvgIpc) is 3.28. The maximum Gasteiger partial charge on any atom is 0.257 e. The molecule has 1 aliphatic rings. The number of ketones is 1. The van der Waals surface area contributed by atoms with Crippen molar-refractivity contribution in [1.82, 2.24) is 14.5 Å². The number of carbonyl (C=O) groups is 1. The molecule has 0 saturated carbocycles. The number of Topliss-reactive ketones (excluding diaryl/α,β-unsaturated/α-hetero) is 1. The maximum absolute atomic E-state index is 12.6. The lowest BCUT2D eigenvalue weighted by molar-refractivity contribution is 0.0970. The van der Waals surface area contributed by atoms with Crippen LogP contribution in [0.3, 0.4) is 0 Å². The van der Waals surface area contributed by atoms with Gasteiger partial charge in [0.25, 0.3) is 5.56 Å². The third kappa shape index (κ3) is 5.21. The first-order chi connectivity index (χ1) is 14.7. The SMILES string of the molecule is O=C(Cn1cnc(OCc2ccccc2)cc1=O)c1ccc(CN2CCCC2)cc1. The van der Waals surface area contributed by atoms with Gasteiger partial charge < -0.3 is 4.74 Å². The third-order valence-corrected chi connectivity index (χ3v) is 5.28. The minimum atomic E-state index is -0.313. The Morgan fingerprint density at radius 3 is 2.40 bits per heavy atom. The molecule has 0 unspecified atom stereocenters. The summed E-state index contributed by atoms with van der Waals surface area (Å²) in [6, 6.07) is 18.6. The fourth-order valence-corrected chi connectivity index (χ4v) is 3.58. The Morgan fingerprint density at radius 1 is 0.967 bits per heavy atom. The first-order valence-electron chi connectivity index (χ1n) is 10.2. The van der Waals surface area contributed by atoms with Gasteiger partial charge in [-0.3, -0.25) is 19.1 Å². The molecule has 2 heterocycles. The summed E-state index contributed by atoms with van der Waals surface area (Å²) in [5.74, 6) is 0.128. The predicted octanol–water partition coefficient (Wildman–Crippen LogP) is 3.30. The molecule has 1 fully saturated rings. The van der Waals surface area contributed by atoms with Gasteiger partial charge in [0.1, 0.15) is 12.9 Å². The third-order valence-electron chi connectivity index (χ3n) is 5.28. The number of rotatable bonds is 8. The molecule has 0 amide bonds. The summed E-state index contributed by atoms with van der Waals surface area (Å²) in [7, 11) is 0. The van der Waals surface area contributed by atoms with Gasteiger partial charge in [0.05, 0.1) is 12.6 Å². The Morgan fingerprint density at radius 2 is 1.70 bits per heavy atom. The van der Waals surface area contributed by atoms with Crippen LogP contribution < -0.4 is 10.3 Å². The molecule has 1 saturated heterocycles. The minimum Gasteiger partial charge on any atom is -0.473 e. The zero-order valence-electron chi connectivity index (χ0n) is 16.9. The van der Waals surface area contributed by atoms with Crippen molar-refractivity contribution < 1.29 is 9.53 Å². The fourth-order valence-electron chi connectivity index (χ4n) is 3.58. The van der Waals surface area contributed by atoms with Crippen LogP contribution in [0.4, 0.5) is 0 Å². The lowest BCUT2D eigenvalue weighted by atomic mass is 10.1. The van der Waals surface area contributed by atoms with Crippen LogP contribution in [-0.2, 0) is 19.7 Å². The largest absolute Gasteiger partial charge is 0.473 e. The number of ether oxygens (including phenoxy) is 1. The second-order valence-corrected chi connectivity index (χ2v) is 7.57. The van der Waals surface area contributed by atoms with Crippen LogP contribution in [0.15, 0.2) is 71.8 Å². The number of hydrogen-bond acceptors (Lipinski definition) is 5. The summed E-state index contributed by atoms with van der Waals surface area (Å²) in [5.41, 5.74) is 2.47. The molecule has 1 aliphatic heterocycles. The first-order valence-corrected chi connectivity index (χ1v) is 10.2. The van der Waals surface area contributed by atoms with Crippen molar-refractivity contribution in [2.75, 3.05) is 13.1 Å². The van der Waals surface area contributed by atoms with Gasteiger partial charge >= 0.3 is 0 Å². The van der Waals surface area contributed by atoms with E-state index in [2.05, 4.69) is 9.88 Å². The molecule has 0 aliphatic carbocycles. The summed E-state index contributed by atoms with van der Waals surface area (Å²) in [6.07, 6.45) is 3.88. The quantitative estimate of drug-likeness (QED) is 0.540. The smallest absolute Gasteiger partial charge is 0.257 e. The minimum absolute atomic E-state index is 0.0454. The van der Waals surface area contributed by atoms with E-state index in [1.807, 2.05) is 54.6 Å². The van der Waals surface area contributed by atoms with Crippen LogP contribution in [-0.4, -0.2) is 33.3 Å². The van der Waals surface area contributed by atoms with Gasteiger partial charge in [0.15, 0.2) is 5.78 Å². The van der Waals surface area contributed by atoms with Gasteiger partial charge in [0.2, 0.25) is 5.88 Å².